The third-order valence-electron chi connectivity index (χ3n) is 3.62. The molecule has 0 aliphatic rings. The van der Waals surface area contributed by atoms with Gasteiger partial charge in [-0.1, -0.05) is 81.4 Å². The van der Waals surface area contributed by atoms with Crippen LogP contribution in [0, 0.1) is 5.41 Å². The minimum Gasteiger partial charge on any atom is -0.449 e. The Balaban J connectivity index is 2.01. The molecule has 2 aromatic carbocycles. The quantitative estimate of drug-likeness (QED) is 0.755. The van der Waals surface area contributed by atoms with E-state index in [1.54, 1.807) is 4.90 Å². The third kappa shape index (κ3) is 6.45. The van der Waals surface area contributed by atoms with Crippen molar-refractivity contribution in [3.63, 3.8) is 0 Å². The largest absolute Gasteiger partial charge is 0.449 e. The Morgan fingerprint density at radius 1 is 0.917 bits per heavy atom. The van der Waals surface area contributed by atoms with Crippen molar-refractivity contribution in [2.24, 2.45) is 5.41 Å². The van der Waals surface area contributed by atoms with Crippen LogP contribution in [0.3, 0.4) is 0 Å². The second kappa shape index (κ2) is 8.53. The highest BCUT2D eigenvalue weighted by Crippen LogP contribution is 2.15. The van der Waals surface area contributed by atoms with Crippen LogP contribution in [0.15, 0.2) is 60.7 Å². The van der Waals surface area contributed by atoms with Crippen LogP contribution < -0.4 is 0 Å². The fourth-order valence-corrected chi connectivity index (χ4v) is 2.32. The first-order chi connectivity index (χ1) is 11.4. The second-order valence-electron chi connectivity index (χ2n) is 7.26. The van der Waals surface area contributed by atoms with E-state index in [2.05, 4.69) is 32.9 Å². The van der Waals surface area contributed by atoms with Crippen LogP contribution in [0.25, 0.3) is 0 Å². The zero-order chi connectivity index (χ0) is 17.4. The van der Waals surface area contributed by atoms with E-state index < -0.39 is 0 Å². The van der Waals surface area contributed by atoms with Gasteiger partial charge in [0.05, 0.1) is 6.61 Å². The number of carbonyl (C=O) groups is 1. The average Bonchev–Trinajstić information content (AvgIpc) is 2.57. The molecule has 0 spiro atoms. The Hall–Kier alpha value is -2.29. The molecule has 24 heavy (non-hydrogen) atoms. The summed E-state index contributed by atoms with van der Waals surface area (Å²) in [6.07, 6.45) is 0.572. The highest BCUT2D eigenvalue weighted by molar-refractivity contribution is 5.67. The van der Waals surface area contributed by atoms with E-state index in [1.165, 1.54) is 5.56 Å². The van der Waals surface area contributed by atoms with Crippen molar-refractivity contribution in [3.05, 3.63) is 71.8 Å². The first kappa shape index (κ1) is 18.1. The van der Waals surface area contributed by atoms with Crippen LogP contribution in [-0.4, -0.2) is 24.1 Å². The summed E-state index contributed by atoms with van der Waals surface area (Å²) in [6, 6.07) is 20.3. The number of ether oxygens (including phenoxy) is 1. The van der Waals surface area contributed by atoms with Gasteiger partial charge in [-0.05, 0) is 23.0 Å². The molecule has 0 bridgehead atoms. The van der Waals surface area contributed by atoms with Crippen molar-refractivity contribution < 1.29 is 9.53 Å². The maximum absolute atomic E-state index is 12.5. The number of carbonyl (C=O) groups excluding carboxylic acids is 1. The summed E-state index contributed by atoms with van der Waals surface area (Å²) in [4.78, 5) is 14.3. The van der Waals surface area contributed by atoms with E-state index in [4.69, 9.17) is 4.74 Å². The molecule has 2 rings (SSSR count). The summed E-state index contributed by atoms with van der Waals surface area (Å²) in [5.41, 5.74) is 2.30. The van der Waals surface area contributed by atoms with E-state index in [9.17, 15) is 4.79 Å². The summed E-state index contributed by atoms with van der Waals surface area (Å²) in [6.45, 7) is 7.81. The predicted octanol–water partition coefficient (Wildman–Crippen LogP) is 4.91. The van der Waals surface area contributed by atoms with E-state index >= 15 is 0 Å². The topological polar surface area (TPSA) is 29.5 Å². The van der Waals surface area contributed by atoms with Gasteiger partial charge in [0.1, 0.15) is 0 Å². The van der Waals surface area contributed by atoms with E-state index in [0.29, 0.717) is 19.7 Å². The molecule has 0 heterocycles. The van der Waals surface area contributed by atoms with Crippen molar-refractivity contribution >= 4 is 6.09 Å². The molecular formula is C21H27NO2. The molecule has 3 heteroatoms. The zero-order valence-electron chi connectivity index (χ0n) is 14.9. The maximum Gasteiger partial charge on any atom is 0.410 e. The summed E-state index contributed by atoms with van der Waals surface area (Å²) in [7, 11) is 0. The Kier molecular flexibility index (Phi) is 6.42. The first-order valence-electron chi connectivity index (χ1n) is 8.44. The fourth-order valence-electron chi connectivity index (χ4n) is 2.32. The molecular weight excluding hydrogens is 298 g/mol. The summed E-state index contributed by atoms with van der Waals surface area (Å²) in [5, 5.41) is 0. The highest BCUT2D eigenvalue weighted by Gasteiger charge is 2.19. The normalized spacial score (nSPS) is 11.1. The Bertz CT molecular complexity index is 617. The lowest BCUT2D eigenvalue weighted by atomic mass is 9.99. The summed E-state index contributed by atoms with van der Waals surface area (Å²) in [5.74, 6) is 0. The smallest absolute Gasteiger partial charge is 0.410 e. The number of hydrogen-bond acceptors (Lipinski definition) is 2. The van der Waals surface area contributed by atoms with Gasteiger partial charge in [-0.3, -0.25) is 0 Å². The molecule has 0 saturated heterocycles. The van der Waals surface area contributed by atoms with Crippen molar-refractivity contribution in [1.82, 2.24) is 4.90 Å². The van der Waals surface area contributed by atoms with Gasteiger partial charge in [-0.15, -0.1) is 0 Å². The molecule has 0 aromatic heterocycles. The van der Waals surface area contributed by atoms with Crippen LogP contribution >= 0.6 is 0 Å². The van der Waals surface area contributed by atoms with Crippen molar-refractivity contribution in [1.29, 1.82) is 0 Å². The van der Waals surface area contributed by atoms with Crippen LogP contribution in [-0.2, 0) is 17.7 Å². The number of rotatable bonds is 6. The molecule has 0 radical (unpaired) electrons. The molecule has 2 aromatic rings. The molecule has 3 nitrogen and oxygen atoms in total. The number of hydrogen-bond donors (Lipinski definition) is 0. The minimum absolute atomic E-state index is 0.0342. The van der Waals surface area contributed by atoms with Crippen molar-refractivity contribution in [2.45, 2.75) is 33.7 Å². The van der Waals surface area contributed by atoms with Crippen molar-refractivity contribution in [3.8, 4) is 0 Å². The van der Waals surface area contributed by atoms with Gasteiger partial charge in [-0.25, -0.2) is 4.79 Å². The van der Waals surface area contributed by atoms with E-state index in [-0.39, 0.29) is 11.5 Å². The van der Waals surface area contributed by atoms with Crippen LogP contribution in [0.4, 0.5) is 4.79 Å². The van der Waals surface area contributed by atoms with Crippen molar-refractivity contribution in [2.75, 3.05) is 13.2 Å². The average molecular weight is 325 g/mol. The van der Waals surface area contributed by atoms with Gasteiger partial charge >= 0.3 is 6.09 Å². The predicted molar refractivity (Wildman–Crippen MR) is 97.8 cm³/mol. The molecule has 0 saturated carbocycles. The van der Waals surface area contributed by atoms with Gasteiger partial charge in [-0.2, -0.15) is 0 Å². The molecule has 1 amide bonds. The minimum atomic E-state index is -0.246. The Morgan fingerprint density at radius 2 is 1.46 bits per heavy atom. The lowest BCUT2D eigenvalue weighted by molar-refractivity contribution is 0.0705. The molecule has 0 fully saturated rings. The fraction of sp³-hybridized carbons (Fsp3) is 0.381. The van der Waals surface area contributed by atoms with Gasteiger partial charge in [0.15, 0.2) is 0 Å². The molecule has 0 atom stereocenters. The lowest BCUT2D eigenvalue weighted by Crippen LogP contribution is -2.34. The SMILES string of the molecule is CC(C)(C)COC(=O)N(CCc1ccccc1)Cc1ccccc1. The Morgan fingerprint density at radius 3 is 2.00 bits per heavy atom. The maximum atomic E-state index is 12.5. The summed E-state index contributed by atoms with van der Waals surface area (Å²) >= 11 is 0. The molecule has 0 aliphatic carbocycles. The van der Waals surface area contributed by atoms with Crippen LogP contribution in [0.2, 0.25) is 0 Å². The van der Waals surface area contributed by atoms with E-state index in [0.717, 1.165) is 12.0 Å². The third-order valence-corrected chi connectivity index (χ3v) is 3.62. The van der Waals surface area contributed by atoms with E-state index in [1.807, 2.05) is 48.5 Å². The first-order valence-corrected chi connectivity index (χ1v) is 8.44. The van der Waals surface area contributed by atoms with Gasteiger partial charge < -0.3 is 9.64 Å². The molecule has 128 valence electrons. The van der Waals surface area contributed by atoms with Crippen LogP contribution in [0.1, 0.15) is 31.9 Å². The molecule has 0 unspecified atom stereocenters. The van der Waals surface area contributed by atoms with Gasteiger partial charge in [0.2, 0.25) is 0 Å². The van der Waals surface area contributed by atoms with Gasteiger partial charge in [0.25, 0.3) is 0 Å². The molecule has 0 aliphatic heterocycles. The summed E-state index contributed by atoms with van der Waals surface area (Å²) < 4.78 is 5.52. The van der Waals surface area contributed by atoms with Gasteiger partial charge in [0, 0.05) is 13.1 Å². The number of amides is 1. The lowest BCUT2D eigenvalue weighted by Gasteiger charge is -2.25. The number of nitrogens with zero attached hydrogens (tertiary/aromatic N) is 1. The monoisotopic (exact) mass is 325 g/mol. The zero-order valence-corrected chi connectivity index (χ0v) is 14.9. The van der Waals surface area contributed by atoms with Crippen LogP contribution in [0.5, 0.6) is 0 Å². The number of benzene rings is 2. The highest BCUT2D eigenvalue weighted by atomic mass is 16.6. The second-order valence-corrected chi connectivity index (χ2v) is 7.26. The molecule has 0 N–H and O–H groups in total. The Labute approximate surface area is 145 Å². The standard InChI is InChI=1S/C21H27NO2/c1-21(2,3)17-24-20(23)22(16-19-12-8-5-9-13-19)15-14-18-10-6-4-7-11-18/h4-13H,14-17H2,1-3H3.